The van der Waals surface area contributed by atoms with Crippen molar-refractivity contribution in [3.63, 3.8) is 0 Å². The van der Waals surface area contributed by atoms with Crippen LogP contribution in [0.3, 0.4) is 0 Å². The van der Waals surface area contributed by atoms with Gasteiger partial charge in [-0.25, -0.2) is 9.07 Å². The molecule has 1 amide bonds. The molecule has 25 heavy (non-hydrogen) atoms. The lowest BCUT2D eigenvalue weighted by atomic mass is 10.2. The standard InChI is InChI=1S/C18H16ClFN4O/c19-14-5-6-17(16(20)10-14)23-18(25)12-21-11-13-3-1-4-15(9-13)24-8-2-7-22-24/h1-10,21H,11-12H2,(H,23,25). The fourth-order valence-corrected chi connectivity index (χ4v) is 2.49. The van der Waals surface area contributed by atoms with Gasteiger partial charge >= 0.3 is 0 Å². The molecule has 0 aliphatic rings. The van der Waals surface area contributed by atoms with Crippen LogP contribution < -0.4 is 10.6 Å². The quantitative estimate of drug-likeness (QED) is 0.710. The molecular formula is C18H16ClFN4O. The number of amides is 1. The number of carbonyl (C=O) groups is 1. The summed E-state index contributed by atoms with van der Waals surface area (Å²) < 4.78 is 15.4. The second-order valence-corrected chi connectivity index (χ2v) is 5.83. The van der Waals surface area contributed by atoms with Gasteiger partial charge in [0.05, 0.1) is 17.9 Å². The summed E-state index contributed by atoms with van der Waals surface area (Å²) in [6, 6.07) is 13.8. The molecule has 1 heterocycles. The van der Waals surface area contributed by atoms with E-state index in [1.807, 2.05) is 36.5 Å². The fourth-order valence-electron chi connectivity index (χ4n) is 2.34. The molecule has 0 aliphatic heterocycles. The van der Waals surface area contributed by atoms with Crippen LogP contribution in [0.1, 0.15) is 5.56 Å². The van der Waals surface area contributed by atoms with Crippen LogP contribution in [0, 0.1) is 5.82 Å². The molecule has 0 saturated carbocycles. The van der Waals surface area contributed by atoms with E-state index in [0.29, 0.717) is 6.54 Å². The maximum Gasteiger partial charge on any atom is 0.238 e. The molecule has 0 saturated heterocycles. The van der Waals surface area contributed by atoms with Gasteiger partial charge in [0.15, 0.2) is 0 Å². The predicted octanol–water partition coefficient (Wildman–Crippen LogP) is 3.39. The van der Waals surface area contributed by atoms with E-state index in [1.54, 1.807) is 10.9 Å². The van der Waals surface area contributed by atoms with E-state index in [0.717, 1.165) is 17.3 Å². The van der Waals surface area contributed by atoms with Gasteiger partial charge in [0.1, 0.15) is 5.82 Å². The third-order valence-electron chi connectivity index (χ3n) is 3.50. The molecule has 3 rings (SSSR count). The number of aromatic nitrogens is 2. The number of benzene rings is 2. The lowest BCUT2D eigenvalue weighted by Gasteiger charge is -2.09. The zero-order valence-electron chi connectivity index (χ0n) is 13.2. The van der Waals surface area contributed by atoms with E-state index < -0.39 is 5.82 Å². The zero-order valence-corrected chi connectivity index (χ0v) is 14.0. The maximum absolute atomic E-state index is 13.6. The third-order valence-corrected chi connectivity index (χ3v) is 3.73. The highest BCUT2D eigenvalue weighted by atomic mass is 35.5. The molecule has 0 fully saturated rings. The Hall–Kier alpha value is -2.70. The van der Waals surface area contributed by atoms with Crippen LogP contribution in [-0.2, 0) is 11.3 Å². The molecule has 0 spiro atoms. The van der Waals surface area contributed by atoms with E-state index in [2.05, 4.69) is 15.7 Å². The lowest BCUT2D eigenvalue weighted by molar-refractivity contribution is -0.115. The van der Waals surface area contributed by atoms with Crippen LogP contribution in [0.5, 0.6) is 0 Å². The predicted molar refractivity (Wildman–Crippen MR) is 95.3 cm³/mol. The maximum atomic E-state index is 13.6. The monoisotopic (exact) mass is 358 g/mol. The Bertz CT molecular complexity index is 867. The molecule has 3 aromatic rings. The van der Waals surface area contributed by atoms with Crippen molar-refractivity contribution in [1.82, 2.24) is 15.1 Å². The minimum absolute atomic E-state index is 0.0636. The van der Waals surface area contributed by atoms with E-state index >= 15 is 0 Å². The van der Waals surface area contributed by atoms with Crippen molar-refractivity contribution in [3.05, 3.63) is 77.3 Å². The molecule has 0 atom stereocenters. The van der Waals surface area contributed by atoms with Crippen molar-refractivity contribution in [3.8, 4) is 5.69 Å². The highest BCUT2D eigenvalue weighted by Gasteiger charge is 2.07. The van der Waals surface area contributed by atoms with Gasteiger partial charge in [0.2, 0.25) is 5.91 Å². The first-order valence-electron chi connectivity index (χ1n) is 7.66. The van der Waals surface area contributed by atoms with Gasteiger partial charge in [-0.05, 0) is 42.0 Å². The van der Waals surface area contributed by atoms with Crippen LogP contribution in [0.15, 0.2) is 60.9 Å². The summed E-state index contributed by atoms with van der Waals surface area (Å²) in [7, 11) is 0. The molecule has 0 radical (unpaired) electrons. The van der Waals surface area contributed by atoms with E-state index in [1.165, 1.54) is 12.1 Å². The van der Waals surface area contributed by atoms with Gasteiger partial charge in [-0.15, -0.1) is 0 Å². The van der Waals surface area contributed by atoms with E-state index in [-0.39, 0.29) is 23.2 Å². The SMILES string of the molecule is O=C(CNCc1cccc(-n2cccn2)c1)Nc1ccc(Cl)cc1F. The first-order chi connectivity index (χ1) is 12.1. The Labute approximate surface area is 149 Å². The van der Waals surface area contributed by atoms with Crippen molar-refractivity contribution < 1.29 is 9.18 Å². The van der Waals surface area contributed by atoms with Crippen LogP contribution in [0.2, 0.25) is 5.02 Å². The fraction of sp³-hybridized carbons (Fsp3) is 0.111. The average Bonchev–Trinajstić information content (AvgIpc) is 3.12. The summed E-state index contributed by atoms with van der Waals surface area (Å²) in [4.78, 5) is 11.9. The van der Waals surface area contributed by atoms with Crippen LogP contribution >= 0.6 is 11.6 Å². The molecular weight excluding hydrogens is 343 g/mol. The number of nitrogens with zero attached hydrogens (tertiary/aromatic N) is 2. The van der Waals surface area contributed by atoms with Crippen molar-refractivity contribution in [2.75, 3.05) is 11.9 Å². The molecule has 0 unspecified atom stereocenters. The number of hydrogen-bond acceptors (Lipinski definition) is 3. The second-order valence-electron chi connectivity index (χ2n) is 5.40. The molecule has 2 N–H and O–H groups in total. The van der Waals surface area contributed by atoms with Crippen LogP contribution in [0.4, 0.5) is 10.1 Å². The molecule has 0 bridgehead atoms. The number of nitrogens with one attached hydrogen (secondary N) is 2. The Morgan fingerprint density at radius 2 is 2.08 bits per heavy atom. The topological polar surface area (TPSA) is 59.0 Å². The van der Waals surface area contributed by atoms with Crippen LogP contribution in [-0.4, -0.2) is 22.2 Å². The van der Waals surface area contributed by atoms with Gasteiger partial charge in [-0.2, -0.15) is 5.10 Å². The van der Waals surface area contributed by atoms with Gasteiger partial charge in [0.25, 0.3) is 0 Å². The normalized spacial score (nSPS) is 10.6. The Morgan fingerprint density at radius 3 is 2.84 bits per heavy atom. The van der Waals surface area contributed by atoms with Gasteiger partial charge in [-0.1, -0.05) is 23.7 Å². The summed E-state index contributed by atoms with van der Waals surface area (Å²) in [6.45, 7) is 0.569. The van der Waals surface area contributed by atoms with Crippen molar-refractivity contribution in [1.29, 1.82) is 0 Å². The molecule has 5 nitrogen and oxygen atoms in total. The van der Waals surface area contributed by atoms with Gasteiger partial charge in [-0.3, -0.25) is 4.79 Å². The highest BCUT2D eigenvalue weighted by Crippen LogP contribution is 2.18. The van der Waals surface area contributed by atoms with Crippen molar-refractivity contribution >= 4 is 23.2 Å². The zero-order chi connectivity index (χ0) is 17.6. The highest BCUT2D eigenvalue weighted by molar-refractivity contribution is 6.30. The second kappa shape index (κ2) is 7.92. The number of halogens is 2. The Balaban J connectivity index is 1.52. The first kappa shape index (κ1) is 17.1. The number of anilines is 1. The van der Waals surface area contributed by atoms with Gasteiger partial charge in [0, 0.05) is 24.0 Å². The summed E-state index contributed by atoms with van der Waals surface area (Å²) in [5.74, 6) is -0.891. The average molecular weight is 359 g/mol. The van der Waals surface area contributed by atoms with E-state index in [9.17, 15) is 9.18 Å². The minimum Gasteiger partial charge on any atom is -0.322 e. The van der Waals surface area contributed by atoms with Crippen molar-refractivity contribution in [2.24, 2.45) is 0 Å². The smallest absolute Gasteiger partial charge is 0.238 e. The molecule has 2 aromatic carbocycles. The van der Waals surface area contributed by atoms with Gasteiger partial charge < -0.3 is 10.6 Å². The molecule has 1 aromatic heterocycles. The lowest BCUT2D eigenvalue weighted by Crippen LogP contribution is -2.28. The third kappa shape index (κ3) is 4.65. The summed E-state index contributed by atoms with van der Waals surface area (Å²) in [5.41, 5.74) is 2.06. The molecule has 128 valence electrons. The summed E-state index contributed by atoms with van der Waals surface area (Å²) in [6.07, 6.45) is 3.58. The Morgan fingerprint density at radius 1 is 1.20 bits per heavy atom. The summed E-state index contributed by atoms with van der Waals surface area (Å²) >= 11 is 5.68. The van der Waals surface area contributed by atoms with Crippen LogP contribution in [0.25, 0.3) is 5.69 Å². The number of rotatable bonds is 6. The van der Waals surface area contributed by atoms with E-state index in [4.69, 9.17) is 11.6 Å². The summed E-state index contributed by atoms with van der Waals surface area (Å²) in [5, 5.41) is 10.0. The molecule has 7 heteroatoms. The molecule has 0 aliphatic carbocycles. The number of carbonyl (C=O) groups excluding carboxylic acids is 1. The van der Waals surface area contributed by atoms with Crippen molar-refractivity contribution in [2.45, 2.75) is 6.54 Å². The largest absolute Gasteiger partial charge is 0.322 e. The Kier molecular flexibility index (Phi) is 5.42. The minimum atomic E-state index is -0.562. The first-order valence-corrected chi connectivity index (χ1v) is 8.04. The number of hydrogen-bond donors (Lipinski definition) is 2.